The van der Waals surface area contributed by atoms with Crippen LogP contribution in [0.25, 0.3) is 0 Å². The Bertz CT molecular complexity index is 917. The Morgan fingerprint density at radius 2 is 1.78 bits per heavy atom. The third-order valence-corrected chi connectivity index (χ3v) is 6.51. The lowest BCUT2D eigenvalue weighted by molar-refractivity contribution is -0.160. The fourth-order valence-electron chi connectivity index (χ4n) is 4.50. The van der Waals surface area contributed by atoms with Crippen molar-refractivity contribution in [1.82, 2.24) is 4.98 Å². The summed E-state index contributed by atoms with van der Waals surface area (Å²) in [4.78, 5) is 16.8. The van der Waals surface area contributed by atoms with Gasteiger partial charge in [-0.05, 0) is 86.5 Å². The summed E-state index contributed by atoms with van der Waals surface area (Å²) in [6, 6.07) is 8.48. The number of allylic oxidation sites excluding steroid dienone is 1. The van der Waals surface area contributed by atoms with Crippen LogP contribution in [0.4, 0.5) is 0 Å². The number of hydrogen-bond donors (Lipinski definition) is 0. The van der Waals surface area contributed by atoms with Crippen LogP contribution in [-0.2, 0) is 20.9 Å². The molecule has 0 spiro atoms. The highest BCUT2D eigenvalue weighted by atomic mass is 16.6. The molecule has 0 radical (unpaired) electrons. The number of carbonyl (C=O) groups is 1. The van der Waals surface area contributed by atoms with Crippen LogP contribution in [0.3, 0.4) is 0 Å². The van der Waals surface area contributed by atoms with E-state index in [1.165, 1.54) is 30.4 Å². The van der Waals surface area contributed by atoms with Crippen LogP contribution in [-0.4, -0.2) is 22.7 Å². The Morgan fingerprint density at radius 3 is 2.31 bits per heavy atom. The van der Waals surface area contributed by atoms with Gasteiger partial charge in [-0.3, -0.25) is 4.79 Å². The Balaban J connectivity index is 0.000000482. The highest BCUT2D eigenvalue weighted by Gasteiger charge is 2.28. The predicted molar refractivity (Wildman–Crippen MR) is 146 cm³/mol. The van der Waals surface area contributed by atoms with Crippen molar-refractivity contribution in [1.29, 1.82) is 0 Å². The van der Waals surface area contributed by atoms with E-state index in [2.05, 4.69) is 49.7 Å². The average Bonchev–Trinajstić information content (AvgIpc) is 3.21. The topological polar surface area (TPSA) is 61.6 Å². The minimum atomic E-state index is -0.451. The van der Waals surface area contributed by atoms with Crippen molar-refractivity contribution in [3.8, 4) is 0 Å². The predicted octanol–water partition coefficient (Wildman–Crippen LogP) is 8.07. The van der Waals surface area contributed by atoms with Crippen molar-refractivity contribution in [2.75, 3.05) is 0 Å². The molecule has 0 saturated heterocycles. The van der Waals surface area contributed by atoms with Crippen molar-refractivity contribution in [3.05, 3.63) is 65.4 Å². The van der Waals surface area contributed by atoms with Crippen LogP contribution < -0.4 is 0 Å². The largest absolute Gasteiger partial charge is 0.460 e. The molecular formula is C31H47NO4. The monoisotopic (exact) mass is 497 g/mol. The van der Waals surface area contributed by atoms with Gasteiger partial charge in [-0.1, -0.05) is 53.8 Å². The molecule has 5 nitrogen and oxygen atoms in total. The van der Waals surface area contributed by atoms with Crippen LogP contribution >= 0.6 is 0 Å². The first-order valence-corrected chi connectivity index (χ1v) is 13.3. The van der Waals surface area contributed by atoms with E-state index >= 15 is 0 Å². The number of oxazole rings is 1. The Labute approximate surface area is 218 Å². The molecule has 1 aliphatic rings. The zero-order valence-electron chi connectivity index (χ0n) is 23.6. The zero-order valence-corrected chi connectivity index (χ0v) is 23.6. The number of rotatable bonds is 9. The maximum atomic E-state index is 12.6. The first kappa shape index (κ1) is 29.8. The van der Waals surface area contributed by atoms with E-state index < -0.39 is 5.60 Å². The van der Waals surface area contributed by atoms with E-state index in [1.54, 1.807) is 0 Å². The summed E-state index contributed by atoms with van der Waals surface area (Å²) in [5.41, 5.74) is 4.12. The second kappa shape index (κ2) is 14.4. The van der Waals surface area contributed by atoms with Crippen LogP contribution in [0.1, 0.15) is 95.2 Å². The number of ether oxygens (including phenoxy) is 2. The molecule has 0 aliphatic heterocycles. The highest BCUT2D eigenvalue weighted by Crippen LogP contribution is 2.32. The molecule has 36 heavy (non-hydrogen) atoms. The summed E-state index contributed by atoms with van der Waals surface area (Å²) in [6.07, 6.45) is 8.82. The van der Waals surface area contributed by atoms with Crippen molar-refractivity contribution >= 4 is 5.97 Å². The zero-order chi connectivity index (χ0) is 26.7. The van der Waals surface area contributed by atoms with Gasteiger partial charge in [-0.15, -0.1) is 6.58 Å². The second-order valence-electron chi connectivity index (χ2n) is 11.4. The number of benzene rings is 1. The van der Waals surface area contributed by atoms with E-state index in [1.807, 2.05) is 34.6 Å². The smallest absolute Gasteiger partial charge is 0.309 e. The van der Waals surface area contributed by atoms with Crippen LogP contribution in [0.5, 0.6) is 0 Å². The van der Waals surface area contributed by atoms with Gasteiger partial charge in [0.2, 0.25) is 0 Å². The number of aromatic nitrogens is 1. The SMILES string of the molecule is C=C(C)CC(CCC1CCCC(OCc2ncoc2C)C1)C(=O)OC(C)(C)C.Cc1ccc(C)cc1. The maximum absolute atomic E-state index is 12.6. The number of nitrogens with zero attached hydrogens (tertiary/aromatic N) is 1. The minimum absolute atomic E-state index is 0.0967. The molecule has 1 fully saturated rings. The lowest BCUT2D eigenvalue weighted by atomic mass is 9.81. The highest BCUT2D eigenvalue weighted by molar-refractivity contribution is 5.73. The van der Waals surface area contributed by atoms with E-state index in [0.717, 1.165) is 42.7 Å². The van der Waals surface area contributed by atoms with Gasteiger partial charge >= 0.3 is 5.97 Å². The summed E-state index contributed by atoms with van der Waals surface area (Å²) in [6.45, 7) is 18.3. The molecule has 3 atom stereocenters. The van der Waals surface area contributed by atoms with Gasteiger partial charge in [0.1, 0.15) is 17.1 Å². The van der Waals surface area contributed by atoms with Crippen LogP contribution in [0, 0.1) is 32.6 Å². The van der Waals surface area contributed by atoms with Crippen molar-refractivity contribution < 1.29 is 18.7 Å². The number of esters is 1. The summed E-state index contributed by atoms with van der Waals surface area (Å²) >= 11 is 0. The van der Waals surface area contributed by atoms with Gasteiger partial charge in [0, 0.05) is 0 Å². The molecule has 1 aromatic carbocycles. The molecule has 200 valence electrons. The van der Waals surface area contributed by atoms with E-state index in [0.29, 0.717) is 18.9 Å². The maximum Gasteiger partial charge on any atom is 0.309 e. The summed E-state index contributed by atoms with van der Waals surface area (Å²) in [5.74, 6) is 1.22. The third kappa shape index (κ3) is 11.6. The third-order valence-electron chi connectivity index (χ3n) is 6.51. The molecule has 1 aliphatic carbocycles. The number of hydrogen-bond acceptors (Lipinski definition) is 5. The fraction of sp³-hybridized carbons (Fsp3) is 0.613. The molecule has 1 aromatic heterocycles. The van der Waals surface area contributed by atoms with Gasteiger partial charge in [0.15, 0.2) is 6.39 Å². The first-order chi connectivity index (χ1) is 16.9. The first-order valence-electron chi connectivity index (χ1n) is 13.3. The number of aryl methyl sites for hydroxylation is 3. The van der Waals surface area contributed by atoms with E-state index in [4.69, 9.17) is 13.9 Å². The molecule has 5 heteroatoms. The Hall–Kier alpha value is -2.40. The Kier molecular flexibility index (Phi) is 11.9. The van der Waals surface area contributed by atoms with Crippen molar-refractivity contribution in [3.63, 3.8) is 0 Å². The normalized spacial score (nSPS) is 18.6. The standard InChI is InChI=1S/C23H37NO4.C8H10/c1-16(2)12-19(22(25)28-23(4,5)6)11-10-18-8-7-9-20(13-18)26-14-21-17(3)27-15-24-21;1-7-3-5-8(2)6-4-7/h15,18-20H,1,7-14H2,2-6H3;3-6H,1-2H3. The van der Waals surface area contributed by atoms with Crippen molar-refractivity contribution in [2.45, 2.75) is 112 Å². The van der Waals surface area contributed by atoms with Gasteiger partial charge in [-0.2, -0.15) is 0 Å². The molecule has 0 N–H and O–H groups in total. The molecular weight excluding hydrogens is 450 g/mol. The summed E-state index contributed by atoms with van der Waals surface area (Å²) in [7, 11) is 0. The molecule has 0 bridgehead atoms. The molecule has 1 saturated carbocycles. The van der Waals surface area contributed by atoms with Gasteiger partial charge in [0.25, 0.3) is 0 Å². The van der Waals surface area contributed by atoms with Gasteiger partial charge < -0.3 is 13.9 Å². The lowest BCUT2D eigenvalue weighted by Gasteiger charge is -2.30. The van der Waals surface area contributed by atoms with Crippen LogP contribution in [0.15, 0.2) is 47.2 Å². The molecule has 3 unspecified atom stereocenters. The van der Waals surface area contributed by atoms with Gasteiger partial charge in [0.05, 0.1) is 18.6 Å². The quantitative estimate of drug-likeness (QED) is 0.259. The second-order valence-corrected chi connectivity index (χ2v) is 11.4. The van der Waals surface area contributed by atoms with E-state index in [-0.39, 0.29) is 18.0 Å². The fourth-order valence-corrected chi connectivity index (χ4v) is 4.50. The van der Waals surface area contributed by atoms with Crippen molar-refractivity contribution in [2.24, 2.45) is 11.8 Å². The lowest BCUT2D eigenvalue weighted by Crippen LogP contribution is -2.30. The summed E-state index contributed by atoms with van der Waals surface area (Å²) in [5, 5.41) is 0. The van der Waals surface area contributed by atoms with Crippen LogP contribution in [0.2, 0.25) is 0 Å². The number of carbonyl (C=O) groups excluding carboxylic acids is 1. The molecule has 3 rings (SSSR count). The molecule has 1 heterocycles. The summed E-state index contributed by atoms with van der Waals surface area (Å²) < 4.78 is 17.0. The minimum Gasteiger partial charge on any atom is -0.460 e. The van der Waals surface area contributed by atoms with E-state index in [9.17, 15) is 4.79 Å². The average molecular weight is 498 g/mol. The Morgan fingerprint density at radius 1 is 1.14 bits per heavy atom. The van der Waals surface area contributed by atoms with Gasteiger partial charge in [-0.25, -0.2) is 4.98 Å². The molecule has 2 aromatic rings. The molecule has 0 amide bonds.